The fraction of sp³-hybridized carbons (Fsp3) is 0.900. The van der Waals surface area contributed by atoms with E-state index >= 15 is 0 Å². The molecule has 82 valence electrons. The van der Waals surface area contributed by atoms with Gasteiger partial charge in [0.1, 0.15) is 0 Å². The molecule has 0 bridgehead atoms. The van der Waals surface area contributed by atoms with E-state index < -0.39 is 0 Å². The molecule has 0 aliphatic heterocycles. The van der Waals surface area contributed by atoms with E-state index in [0.29, 0.717) is 12.5 Å². The summed E-state index contributed by atoms with van der Waals surface area (Å²) >= 11 is 0. The molecule has 0 saturated heterocycles. The van der Waals surface area contributed by atoms with Crippen LogP contribution in [0.4, 0.5) is 0 Å². The van der Waals surface area contributed by atoms with E-state index in [1.807, 2.05) is 0 Å². The third-order valence-electron chi connectivity index (χ3n) is 3.30. The molecule has 0 radical (unpaired) electrons. The second-order valence-electron chi connectivity index (χ2n) is 4.21. The molecule has 0 aromatic carbocycles. The number of nitrogens with one attached hydrogen (secondary N) is 1. The molecule has 1 aliphatic rings. The summed E-state index contributed by atoms with van der Waals surface area (Å²) in [6.07, 6.45) is 5.38. The first-order valence-electron chi connectivity index (χ1n) is 5.36. The molecule has 0 spiro atoms. The Labute approximate surface area is 85.8 Å². The number of nitrogens with two attached hydrogens (primary N) is 1. The van der Waals surface area contributed by atoms with Gasteiger partial charge in [-0.25, -0.2) is 5.84 Å². The molecular weight excluding hydrogens is 178 g/mol. The number of nitrogens with zero attached hydrogens (tertiary/aromatic N) is 1. The summed E-state index contributed by atoms with van der Waals surface area (Å²) in [5.41, 5.74) is 2.16. The quantitative estimate of drug-likeness (QED) is 0.388. The van der Waals surface area contributed by atoms with Gasteiger partial charge in [-0.1, -0.05) is 6.42 Å². The Bertz CT molecular complexity index is 192. The second-order valence-corrected chi connectivity index (χ2v) is 4.21. The topological polar surface area (TPSA) is 58.4 Å². The fourth-order valence-electron chi connectivity index (χ4n) is 1.77. The minimum absolute atomic E-state index is 0.0705. The Balaban J connectivity index is 2.19. The van der Waals surface area contributed by atoms with Gasteiger partial charge in [0.2, 0.25) is 5.91 Å². The van der Waals surface area contributed by atoms with Crippen molar-refractivity contribution >= 4 is 5.91 Å². The zero-order valence-electron chi connectivity index (χ0n) is 9.12. The Morgan fingerprint density at radius 2 is 2.29 bits per heavy atom. The highest BCUT2D eigenvalue weighted by Gasteiger charge is 2.25. The number of rotatable bonds is 5. The first-order chi connectivity index (χ1) is 6.65. The van der Waals surface area contributed by atoms with Crippen LogP contribution in [-0.2, 0) is 4.79 Å². The van der Waals surface area contributed by atoms with E-state index in [-0.39, 0.29) is 5.91 Å². The van der Waals surface area contributed by atoms with Crippen molar-refractivity contribution in [1.29, 1.82) is 0 Å². The average molecular weight is 199 g/mol. The normalized spacial score (nSPS) is 19.1. The molecule has 4 nitrogen and oxygen atoms in total. The van der Waals surface area contributed by atoms with Crippen LogP contribution in [0.3, 0.4) is 0 Å². The second kappa shape index (κ2) is 5.32. The third kappa shape index (κ3) is 2.96. The summed E-state index contributed by atoms with van der Waals surface area (Å²) in [4.78, 5) is 13.3. The molecule has 3 N–H and O–H groups in total. The minimum Gasteiger partial charge on any atom is -0.301 e. The zero-order chi connectivity index (χ0) is 10.6. The molecule has 0 heterocycles. The van der Waals surface area contributed by atoms with Crippen molar-refractivity contribution in [2.24, 2.45) is 5.84 Å². The number of carbonyl (C=O) groups is 1. The van der Waals surface area contributed by atoms with Gasteiger partial charge in [0.15, 0.2) is 0 Å². The maximum atomic E-state index is 10.9. The number of amides is 1. The van der Waals surface area contributed by atoms with Crippen molar-refractivity contribution in [2.45, 2.75) is 51.1 Å². The molecule has 1 aliphatic carbocycles. The lowest BCUT2D eigenvalue weighted by Crippen LogP contribution is -2.43. The van der Waals surface area contributed by atoms with Crippen LogP contribution in [0, 0.1) is 0 Å². The van der Waals surface area contributed by atoms with E-state index in [0.717, 1.165) is 12.5 Å². The third-order valence-corrected chi connectivity index (χ3v) is 3.30. The van der Waals surface area contributed by atoms with Crippen LogP contribution in [0.1, 0.15) is 39.0 Å². The molecular formula is C10H21N3O. The Kier molecular flexibility index (Phi) is 4.35. The van der Waals surface area contributed by atoms with E-state index in [2.05, 4.69) is 24.3 Å². The van der Waals surface area contributed by atoms with Gasteiger partial charge in [0, 0.05) is 18.5 Å². The summed E-state index contributed by atoms with van der Waals surface area (Å²) in [7, 11) is 2.15. The van der Waals surface area contributed by atoms with Crippen LogP contribution < -0.4 is 11.3 Å². The predicted octanol–water partition coefficient (Wildman–Crippen LogP) is 0.629. The van der Waals surface area contributed by atoms with Gasteiger partial charge in [-0.2, -0.15) is 0 Å². The molecule has 1 unspecified atom stereocenters. The van der Waals surface area contributed by atoms with Crippen molar-refractivity contribution in [1.82, 2.24) is 10.3 Å². The maximum absolute atomic E-state index is 10.9. The highest BCUT2D eigenvalue weighted by molar-refractivity contribution is 5.75. The van der Waals surface area contributed by atoms with Crippen molar-refractivity contribution in [2.75, 3.05) is 7.05 Å². The van der Waals surface area contributed by atoms with Gasteiger partial charge in [-0.3, -0.25) is 10.2 Å². The molecule has 4 heteroatoms. The minimum atomic E-state index is -0.0705. The van der Waals surface area contributed by atoms with Gasteiger partial charge in [0.05, 0.1) is 0 Å². The standard InChI is InChI=1S/C10H21N3O/c1-8(6-7-10(14)12-11)13(2)9-4-3-5-9/h8-9H,3-7,11H2,1-2H3,(H,12,14). The molecule has 0 aromatic rings. The molecule has 1 fully saturated rings. The van der Waals surface area contributed by atoms with Crippen LogP contribution in [0.15, 0.2) is 0 Å². The van der Waals surface area contributed by atoms with Gasteiger partial charge in [-0.05, 0) is 33.2 Å². The molecule has 1 atom stereocenters. The van der Waals surface area contributed by atoms with Crippen LogP contribution in [-0.4, -0.2) is 29.9 Å². The van der Waals surface area contributed by atoms with E-state index in [9.17, 15) is 4.79 Å². The Morgan fingerprint density at radius 1 is 1.64 bits per heavy atom. The largest absolute Gasteiger partial charge is 0.301 e. The smallest absolute Gasteiger partial charge is 0.233 e. The fourth-order valence-corrected chi connectivity index (χ4v) is 1.77. The summed E-state index contributed by atoms with van der Waals surface area (Å²) in [6, 6.07) is 1.21. The van der Waals surface area contributed by atoms with Gasteiger partial charge in [-0.15, -0.1) is 0 Å². The summed E-state index contributed by atoms with van der Waals surface area (Å²) < 4.78 is 0. The highest BCUT2D eigenvalue weighted by atomic mass is 16.2. The molecule has 1 saturated carbocycles. The van der Waals surface area contributed by atoms with Crippen molar-refractivity contribution < 1.29 is 4.79 Å². The lowest BCUT2D eigenvalue weighted by atomic mass is 9.90. The van der Waals surface area contributed by atoms with E-state index in [4.69, 9.17) is 5.84 Å². The van der Waals surface area contributed by atoms with E-state index in [1.54, 1.807) is 0 Å². The molecule has 1 amide bonds. The molecule has 1 rings (SSSR count). The number of carbonyl (C=O) groups excluding carboxylic acids is 1. The Morgan fingerprint density at radius 3 is 2.71 bits per heavy atom. The molecule has 14 heavy (non-hydrogen) atoms. The summed E-state index contributed by atoms with van der Waals surface area (Å²) in [6.45, 7) is 2.17. The van der Waals surface area contributed by atoms with Gasteiger partial charge >= 0.3 is 0 Å². The van der Waals surface area contributed by atoms with E-state index in [1.165, 1.54) is 19.3 Å². The lowest BCUT2D eigenvalue weighted by molar-refractivity contribution is -0.121. The SMILES string of the molecule is CC(CCC(=O)NN)N(C)C1CCC1. The summed E-state index contributed by atoms with van der Waals surface area (Å²) in [5, 5.41) is 0. The van der Waals surface area contributed by atoms with Crippen molar-refractivity contribution in [3.8, 4) is 0 Å². The van der Waals surface area contributed by atoms with Crippen LogP contribution in [0.5, 0.6) is 0 Å². The van der Waals surface area contributed by atoms with Gasteiger partial charge in [0.25, 0.3) is 0 Å². The zero-order valence-corrected chi connectivity index (χ0v) is 9.12. The predicted molar refractivity (Wildman–Crippen MR) is 56.4 cm³/mol. The van der Waals surface area contributed by atoms with Crippen molar-refractivity contribution in [3.63, 3.8) is 0 Å². The van der Waals surface area contributed by atoms with Crippen LogP contribution in [0.2, 0.25) is 0 Å². The summed E-state index contributed by atoms with van der Waals surface area (Å²) in [5.74, 6) is 4.95. The number of hydrazine groups is 1. The maximum Gasteiger partial charge on any atom is 0.233 e. The van der Waals surface area contributed by atoms with Crippen molar-refractivity contribution in [3.05, 3.63) is 0 Å². The molecule has 0 aromatic heterocycles. The van der Waals surface area contributed by atoms with Crippen LogP contribution in [0.25, 0.3) is 0 Å². The number of hydrogen-bond acceptors (Lipinski definition) is 3. The van der Waals surface area contributed by atoms with Gasteiger partial charge < -0.3 is 4.90 Å². The Hall–Kier alpha value is -0.610. The first kappa shape index (κ1) is 11.5. The highest BCUT2D eigenvalue weighted by Crippen LogP contribution is 2.25. The average Bonchev–Trinajstić information content (AvgIpc) is 2.10. The first-order valence-corrected chi connectivity index (χ1v) is 5.36. The van der Waals surface area contributed by atoms with Crippen LogP contribution >= 0.6 is 0 Å². The number of hydrogen-bond donors (Lipinski definition) is 2. The monoisotopic (exact) mass is 199 g/mol. The lowest BCUT2D eigenvalue weighted by Gasteiger charge is -2.38.